The number of benzene rings is 6. The predicted molar refractivity (Wildman–Crippen MR) is 267 cm³/mol. The summed E-state index contributed by atoms with van der Waals surface area (Å²) in [5.74, 6) is 0. The lowest BCUT2D eigenvalue weighted by atomic mass is 9.63. The fraction of sp³-hybridized carbons (Fsp3) is 0.379. The summed E-state index contributed by atoms with van der Waals surface area (Å²) in [6, 6.07) is 40.7. The summed E-state index contributed by atoms with van der Waals surface area (Å²) >= 11 is 6.90. The summed E-state index contributed by atoms with van der Waals surface area (Å²) in [6.45, 7) is 30.9. The van der Waals surface area contributed by atoms with Gasteiger partial charge in [0.25, 0.3) is 0 Å². The SMILES string of the molecule is Cc1cc2c(cc1N(c1cccc(Cl)c1)c1cc(N(c3ccc4c(c3)oc3ccccc34)c3cc4c(cc3C)C(C)(C)CCC4(C)C)cc(C(C)(C)C)c1)C(C)(C)CCC2(C)C. The van der Waals surface area contributed by atoms with Gasteiger partial charge in [-0.15, -0.1) is 0 Å². The number of anilines is 6. The second kappa shape index (κ2) is 14.5. The molecule has 6 aromatic carbocycles. The number of rotatable bonds is 6. The highest BCUT2D eigenvalue weighted by Crippen LogP contribution is 2.53. The number of nitrogens with zero attached hydrogens (tertiary/aromatic N) is 2. The molecule has 0 amide bonds. The monoisotopic (exact) mass is 840 g/mol. The molecule has 1 heterocycles. The highest BCUT2D eigenvalue weighted by molar-refractivity contribution is 6.30. The van der Waals surface area contributed by atoms with Crippen molar-refractivity contribution < 1.29 is 4.42 Å². The van der Waals surface area contributed by atoms with E-state index in [0.717, 1.165) is 57.5 Å². The minimum absolute atomic E-state index is 0.0375. The van der Waals surface area contributed by atoms with Crippen LogP contribution in [0.1, 0.15) is 141 Å². The fourth-order valence-corrected chi connectivity index (χ4v) is 10.7. The van der Waals surface area contributed by atoms with E-state index in [2.05, 4.69) is 203 Å². The predicted octanol–water partition coefficient (Wildman–Crippen LogP) is 17.8. The minimum Gasteiger partial charge on any atom is -0.456 e. The second-order valence-electron chi connectivity index (χ2n) is 22.3. The van der Waals surface area contributed by atoms with Crippen LogP contribution in [0.5, 0.6) is 0 Å². The van der Waals surface area contributed by atoms with Crippen LogP contribution in [-0.4, -0.2) is 0 Å². The number of aryl methyl sites for hydroxylation is 2. The van der Waals surface area contributed by atoms with Crippen molar-refractivity contribution in [3.05, 3.63) is 153 Å². The molecule has 320 valence electrons. The largest absolute Gasteiger partial charge is 0.456 e. The normalized spacial score (nSPS) is 17.5. The quantitative estimate of drug-likeness (QED) is 0.166. The third-order valence-corrected chi connectivity index (χ3v) is 15.0. The van der Waals surface area contributed by atoms with Gasteiger partial charge in [0.15, 0.2) is 0 Å². The van der Waals surface area contributed by atoms with E-state index >= 15 is 0 Å². The molecule has 0 saturated heterocycles. The molecule has 2 aliphatic carbocycles. The summed E-state index contributed by atoms with van der Waals surface area (Å²) in [5, 5.41) is 2.98. The van der Waals surface area contributed by atoms with Crippen LogP contribution < -0.4 is 9.80 Å². The maximum Gasteiger partial charge on any atom is 0.137 e. The van der Waals surface area contributed by atoms with E-state index in [0.29, 0.717) is 5.02 Å². The van der Waals surface area contributed by atoms with Crippen molar-refractivity contribution in [2.45, 2.75) is 143 Å². The van der Waals surface area contributed by atoms with Gasteiger partial charge in [0.2, 0.25) is 0 Å². The third-order valence-electron chi connectivity index (χ3n) is 14.8. The van der Waals surface area contributed by atoms with Crippen LogP contribution in [0.4, 0.5) is 34.1 Å². The van der Waals surface area contributed by atoms with E-state index in [1.54, 1.807) is 0 Å². The Morgan fingerprint density at radius 3 is 1.44 bits per heavy atom. The summed E-state index contributed by atoms with van der Waals surface area (Å²) in [6.07, 6.45) is 4.64. The number of halogens is 1. The van der Waals surface area contributed by atoms with Crippen molar-refractivity contribution in [1.29, 1.82) is 0 Å². The van der Waals surface area contributed by atoms with Gasteiger partial charge in [0.05, 0.1) is 0 Å². The van der Waals surface area contributed by atoms with Gasteiger partial charge >= 0.3 is 0 Å². The zero-order valence-electron chi connectivity index (χ0n) is 39.4. The van der Waals surface area contributed by atoms with Crippen LogP contribution in [0.2, 0.25) is 5.02 Å². The zero-order valence-corrected chi connectivity index (χ0v) is 40.2. The van der Waals surface area contributed by atoms with Gasteiger partial charge in [-0.1, -0.05) is 124 Å². The first-order valence-electron chi connectivity index (χ1n) is 22.8. The molecule has 1 aromatic heterocycles. The Kier molecular flexibility index (Phi) is 9.92. The molecule has 0 radical (unpaired) electrons. The molecule has 0 atom stereocenters. The third kappa shape index (κ3) is 7.23. The lowest BCUT2D eigenvalue weighted by molar-refractivity contribution is 0.332. The van der Waals surface area contributed by atoms with Crippen molar-refractivity contribution in [3.63, 3.8) is 0 Å². The highest BCUT2D eigenvalue weighted by atomic mass is 35.5. The maximum atomic E-state index is 6.90. The van der Waals surface area contributed by atoms with Crippen LogP contribution >= 0.6 is 11.6 Å². The molecule has 0 aliphatic heterocycles. The van der Waals surface area contributed by atoms with Gasteiger partial charge in [0, 0.05) is 56.0 Å². The number of hydrogen-bond acceptors (Lipinski definition) is 3. The second-order valence-corrected chi connectivity index (χ2v) is 22.8. The van der Waals surface area contributed by atoms with Gasteiger partial charge in [-0.3, -0.25) is 0 Å². The molecule has 0 spiro atoms. The number of hydrogen-bond donors (Lipinski definition) is 0. The minimum atomic E-state index is -0.160. The molecule has 62 heavy (non-hydrogen) atoms. The maximum absolute atomic E-state index is 6.90. The lowest BCUT2D eigenvalue weighted by Crippen LogP contribution is -2.34. The van der Waals surface area contributed by atoms with Crippen molar-refractivity contribution in [3.8, 4) is 0 Å². The average Bonchev–Trinajstić information content (AvgIpc) is 3.57. The molecule has 7 aromatic rings. The average molecular weight is 842 g/mol. The Morgan fingerprint density at radius 2 is 0.935 bits per heavy atom. The number of para-hydroxylation sites is 1. The van der Waals surface area contributed by atoms with E-state index in [-0.39, 0.29) is 27.1 Å². The molecule has 0 saturated carbocycles. The first-order valence-corrected chi connectivity index (χ1v) is 23.2. The zero-order chi connectivity index (χ0) is 44.3. The first-order chi connectivity index (χ1) is 29.0. The van der Waals surface area contributed by atoms with Crippen LogP contribution in [0.3, 0.4) is 0 Å². The molecule has 0 fully saturated rings. The van der Waals surface area contributed by atoms with E-state index < -0.39 is 0 Å². The van der Waals surface area contributed by atoms with Gasteiger partial charge in [-0.25, -0.2) is 0 Å². The first kappa shape index (κ1) is 42.3. The van der Waals surface area contributed by atoms with Gasteiger partial charge < -0.3 is 14.2 Å². The van der Waals surface area contributed by atoms with Crippen molar-refractivity contribution in [2.24, 2.45) is 0 Å². The Labute approximate surface area is 376 Å². The summed E-state index contributed by atoms with van der Waals surface area (Å²) in [7, 11) is 0. The fourth-order valence-electron chi connectivity index (χ4n) is 10.5. The van der Waals surface area contributed by atoms with Gasteiger partial charge in [-0.05, 0) is 172 Å². The Morgan fingerprint density at radius 1 is 0.468 bits per heavy atom. The van der Waals surface area contributed by atoms with E-state index in [1.165, 1.54) is 63.2 Å². The number of furan rings is 1. The van der Waals surface area contributed by atoms with Gasteiger partial charge in [-0.2, -0.15) is 0 Å². The molecular formula is C58H65ClN2O. The van der Waals surface area contributed by atoms with Crippen LogP contribution in [0, 0.1) is 13.8 Å². The molecule has 0 unspecified atom stereocenters. The van der Waals surface area contributed by atoms with E-state index in [4.69, 9.17) is 16.0 Å². The van der Waals surface area contributed by atoms with Crippen molar-refractivity contribution in [2.75, 3.05) is 9.80 Å². The molecule has 9 rings (SSSR count). The standard InChI is InChI=1S/C58H65ClN2O/c1-36-27-46-48(57(10,11)25-23-55(46,6)7)34-50(36)60(40-18-16-17-39(59)31-40)42-29-38(54(3,4)5)30-43(32-42)61(41-21-22-45-44-19-14-15-20-52(44)62-53(45)33-41)51-35-49-47(28-37(51)2)56(8,9)24-26-58(49,12)13/h14-22,27-35H,23-26H2,1-13H3. The Bertz CT molecular complexity index is 2900. The van der Waals surface area contributed by atoms with Crippen LogP contribution in [-0.2, 0) is 27.1 Å². The summed E-state index contributed by atoms with van der Waals surface area (Å²) in [4.78, 5) is 4.96. The molecule has 4 heteroatoms. The Balaban J connectivity index is 1.35. The summed E-state index contributed by atoms with van der Waals surface area (Å²) in [5.41, 5.74) is 18.1. The molecule has 2 aliphatic rings. The number of fused-ring (bicyclic) bond motifs is 5. The van der Waals surface area contributed by atoms with Crippen LogP contribution in [0.25, 0.3) is 21.9 Å². The smallest absolute Gasteiger partial charge is 0.137 e. The molecule has 3 nitrogen and oxygen atoms in total. The molecular weight excluding hydrogens is 776 g/mol. The molecule has 0 N–H and O–H groups in total. The van der Waals surface area contributed by atoms with E-state index in [9.17, 15) is 0 Å². The topological polar surface area (TPSA) is 19.6 Å². The van der Waals surface area contributed by atoms with Crippen molar-refractivity contribution >= 4 is 67.7 Å². The van der Waals surface area contributed by atoms with Crippen LogP contribution in [0.15, 0.2) is 114 Å². The van der Waals surface area contributed by atoms with Gasteiger partial charge in [0.1, 0.15) is 11.2 Å². The summed E-state index contributed by atoms with van der Waals surface area (Å²) < 4.78 is 6.61. The lowest BCUT2D eigenvalue weighted by Gasteiger charge is -2.43. The Hall–Kier alpha value is -4.99. The highest BCUT2D eigenvalue weighted by Gasteiger charge is 2.40. The van der Waals surface area contributed by atoms with Crippen molar-refractivity contribution in [1.82, 2.24) is 0 Å². The molecule has 0 bridgehead atoms. The van der Waals surface area contributed by atoms with E-state index in [1.807, 2.05) is 6.07 Å².